The van der Waals surface area contributed by atoms with Gasteiger partial charge >= 0.3 is 6.03 Å². The third-order valence-corrected chi connectivity index (χ3v) is 5.71. The van der Waals surface area contributed by atoms with Crippen LogP contribution in [0, 0.1) is 12.8 Å². The number of aryl methyl sites for hydroxylation is 1. The van der Waals surface area contributed by atoms with Crippen LogP contribution in [0.15, 0.2) is 18.2 Å². The Morgan fingerprint density at radius 3 is 2.74 bits per heavy atom. The Kier molecular flexibility index (Phi) is 5.36. The molecule has 1 aromatic rings. The largest absolute Gasteiger partial charge is 0.370 e. The maximum Gasteiger partial charge on any atom is 0.321 e. The van der Waals surface area contributed by atoms with E-state index in [4.69, 9.17) is 0 Å². The number of piperidine rings is 1. The van der Waals surface area contributed by atoms with Gasteiger partial charge in [-0.05, 0) is 49.4 Å². The molecule has 2 amide bonds. The Morgan fingerprint density at radius 1 is 1.26 bits per heavy atom. The zero-order valence-corrected chi connectivity index (χ0v) is 15.0. The second-order valence-electron chi connectivity index (χ2n) is 6.72. The number of urea groups is 1. The number of hydrogen-bond donors (Lipinski definition) is 1. The predicted molar refractivity (Wildman–Crippen MR) is 99.7 cm³/mol. The van der Waals surface area contributed by atoms with Crippen molar-refractivity contribution in [2.75, 3.05) is 47.9 Å². The molecule has 5 heteroatoms. The highest BCUT2D eigenvalue weighted by molar-refractivity contribution is 7.99. The number of carbonyl (C=O) groups excluding carboxylic acids is 1. The van der Waals surface area contributed by atoms with Crippen molar-refractivity contribution in [3.05, 3.63) is 23.8 Å². The van der Waals surface area contributed by atoms with Gasteiger partial charge in [-0.2, -0.15) is 11.8 Å². The molecule has 2 saturated heterocycles. The topological polar surface area (TPSA) is 35.6 Å². The Morgan fingerprint density at radius 2 is 2.04 bits per heavy atom. The Hall–Kier alpha value is -1.36. The molecule has 2 aliphatic rings. The summed E-state index contributed by atoms with van der Waals surface area (Å²) in [6, 6.07) is 6.43. The second-order valence-corrected chi connectivity index (χ2v) is 7.95. The highest BCUT2D eigenvalue weighted by Gasteiger charge is 2.21. The molecule has 23 heavy (non-hydrogen) atoms. The molecule has 0 bridgehead atoms. The number of thioether (sulfide) groups is 1. The number of carbonyl (C=O) groups is 1. The second kappa shape index (κ2) is 7.47. The molecule has 3 rings (SSSR count). The first kappa shape index (κ1) is 16.5. The van der Waals surface area contributed by atoms with Gasteiger partial charge in [-0.25, -0.2) is 4.79 Å². The summed E-state index contributed by atoms with van der Waals surface area (Å²) in [5.41, 5.74) is 3.34. The zero-order chi connectivity index (χ0) is 16.2. The summed E-state index contributed by atoms with van der Waals surface area (Å²) in [7, 11) is 0. The summed E-state index contributed by atoms with van der Waals surface area (Å²) in [4.78, 5) is 16.8. The molecule has 0 saturated carbocycles. The molecule has 0 unspecified atom stereocenters. The molecule has 1 aromatic carbocycles. The summed E-state index contributed by atoms with van der Waals surface area (Å²) in [5.74, 6) is 3.00. The van der Waals surface area contributed by atoms with Crippen molar-refractivity contribution in [2.45, 2.75) is 26.7 Å². The molecule has 0 spiro atoms. The zero-order valence-electron chi connectivity index (χ0n) is 14.2. The molecule has 0 radical (unpaired) electrons. The molecule has 2 fully saturated rings. The first-order chi connectivity index (χ1) is 11.1. The van der Waals surface area contributed by atoms with Gasteiger partial charge in [0.2, 0.25) is 0 Å². The molecule has 2 aliphatic heterocycles. The van der Waals surface area contributed by atoms with Crippen molar-refractivity contribution < 1.29 is 4.79 Å². The monoisotopic (exact) mass is 333 g/mol. The van der Waals surface area contributed by atoms with E-state index in [0.717, 1.165) is 43.9 Å². The molecule has 1 atom stereocenters. The van der Waals surface area contributed by atoms with Crippen molar-refractivity contribution in [3.63, 3.8) is 0 Å². The first-order valence-electron chi connectivity index (χ1n) is 8.63. The highest BCUT2D eigenvalue weighted by Crippen LogP contribution is 2.25. The van der Waals surface area contributed by atoms with E-state index < -0.39 is 0 Å². The van der Waals surface area contributed by atoms with Crippen molar-refractivity contribution in [3.8, 4) is 0 Å². The number of rotatable bonds is 2. The summed E-state index contributed by atoms with van der Waals surface area (Å²) in [5, 5.41) is 3.09. The number of benzene rings is 1. The van der Waals surface area contributed by atoms with E-state index in [2.05, 4.69) is 42.3 Å². The van der Waals surface area contributed by atoms with Crippen LogP contribution in [0.3, 0.4) is 0 Å². The van der Waals surface area contributed by atoms with Gasteiger partial charge in [0, 0.05) is 49.1 Å². The van der Waals surface area contributed by atoms with E-state index >= 15 is 0 Å². The standard InChI is InChI=1S/C18H27N3OS/c1-14-4-3-7-21(13-14)18(22)19-17-6-5-16(12-15(17)2)20-8-10-23-11-9-20/h5-6,12,14H,3-4,7-11,13H2,1-2H3,(H,19,22)/t14-/m1/s1. The van der Waals surface area contributed by atoms with Gasteiger partial charge in [-0.15, -0.1) is 0 Å². The van der Waals surface area contributed by atoms with Crippen LogP contribution in [0.1, 0.15) is 25.3 Å². The maximum atomic E-state index is 12.5. The highest BCUT2D eigenvalue weighted by atomic mass is 32.2. The van der Waals surface area contributed by atoms with Crippen molar-refractivity contribution in [1.29, 1.82) is 0 Å². The summed E-state index contributed by atoms with van der Waals surface area (Å²) < 4.78 is 0. The van der Waals surface area contributed by atoms with Crippen LogP contribution < -0.4 is 10.2 Å². The van der Waals surface area contributed by atoms with Crippen LogP contribution in [-0.4, -0.2) is 48.6 Å². The van der Waals surface area contributed by atoms with Gasteiger partial charge < -0.3 is 15.1 Å². The van der Waals surface area contributed by atoms with Gasteiger partial charge in [0.25, 0.3) is 0 Å². The number of nitrogens with one attached hydrogen (secondary N) is 1. The minimum atomic E-state index is 0.0433. The Bertz CT molecular complexity index is 557. The minimum Gasteiger partial charge on any atom is -0.370 e. The molecule has 0 aromatic heterocycles. The summed E-state index contributed by atoms with van der Waals surface area (Å²) >= 11 is 2.02. The van der Waals surface area contributed by atoms with Crippen LogP contribution in [0.5, 0.6) is 0 Å². The molecule has 2 heterocycles. The van der Waals surface area contributed by atoms with Gasteiger partial charge in [0.15, 0.2) is 0 Å². The van der Waals surface area contributed by atoms with Gasteiger partial charge in [0.05, 0.1) is 0 Å². The molecule has 1 N–H and O–H groups in total. The van der Waals surface area contributed by atoms with E-state index in [1.54, 1.807) is 0 Å². The SMILES string of the molecule is Cc1cc(N2CCSCC2)ccc1NC(=O)N1CCC[C@@H](C)C1. The third-order valence-electron chi connectivity index (χ3n) is 4.77. The number of likely N-dealkylation sites (tertiary alicyclic amines) is 1. The summed E-state index contributed by atoms with van der Waals surface area (Å²) in [6.45, 7) is 8.27. The lowest BCUT2D eigenvalue weighted by Gasteiger charge is -2.31. The Balaban J connectivity index is 1.64. The number of nitrogens with zero attached hydrogens (tertiary/aromatic N) is 2. The fraction of sp³-hybridized carbons (Fsp3) is 0.611. The van der Waals surface area contributed by atoms with Gasteiger partial charge in [-0.1, -0.05) is 6.92 Å². The number of anilines is 2. The van der Waals surface area contributed by atoms with E-state index in [0.29, 0.717) is 5.92 Å². The average molecular weight is 334 g/mol. The fourth-order valence-corrected chi connectivity index (χ4v) is 4.28. The van der Waals surface area contributed by atoms with Crippen LogP contribution in [0.4, 0.5) is 16.2 Å². The quantitative estimate of drug-likeness (QED) is 0.894. The fourth-order valence-electron chi connectivity index (χ4n) is 3.37. The molecule has 4 nitrogen and oxygen atoms in total. The molecular formula is C18H27N3OS. The van der Waals surface area contributed by atoms with Crippen LogP contribution >= 0.6 is 11.8 Å². The van der Waals surface area contributed by atoms with Crippen molar-refractivity contribution in [2.24, 2.45) is 5.92 Å². The van der Waals surface area contributed by atoms with E-state index in [1.807, 2.05) is 16.7 Å². The first-order valence-corrected chi connectivity index (χ1v) is 9.78. The maximum absolute atomic E-state index is 12.5. The van der Waals surface area contributed by atoms with Crippen molar-refractivity contribution in [1.82, 2.24) is 4.90 Å². The minimum absolute atomic E-state index is 0.0433. The van der Waals surface area contributed by atoms with Gasteiger partial charge in [-0.3, -0.25) is 0 Å². The molecular weight excluding hydrogens is 306 g/mol. The third kappa shape index (κ3) is 4.14. The lowest BCUT2D eigenvalue weighted by atomic mass is 10.0. The predicted octanol–water partition coefficient (Wildman–Crippen LogP) is 3.81. The lowest BCUT2D eigenvalue weighted by Crippen LogP contribution is -2.41. The average Bonchev–Trinajstić information content (AvgIpc) is 2.57. The van der Waals surface area contributed by atoms with E-state index in [1.165, 1.54) is 23.6 Å². The van der Waals surface area contributed by atoms with Gasteiger partial charge in [0.1, 0.15) is 0 Å². The summed E-state index contributed by atoms with van der Waals surface area (Å²) in [6.07, 6.45) is 2.34. The van der Waals surface area contributed by atoms with Crippen molar-refractivity contribution >= 4 is 29.2 Å². The van der Waals surface area contributed by atoms with Crippen LogP contribution in [0.2, 0.25) is 0 Å². The van der Waals surface area contributed by atoms with E-state index in [9.17, 15) is 4.79 Å². The van der Waals surface area contributed by atoms with Crippen LogP contribution in [0.25, 0.3) is 0 Å². The number of hydrogen-bond acceptors (Lipinski definition) is 3. The lowest BCUT2D eigenvalue weighted by molar-refractivity contribution is 0.182. The Labute approximate surface area is 143 Å². The number of amides is 2. The molecule has 126 valence electrons. The molecule has 0 aliphatic carbocycles. The van der Waals surface area contributed by atoms with E-state index in [-0.39, 0.29) is 6.03 Å². The van der Waals surface area contributed by atoms with Crippen LogP contribution in [-0.2, 0) is 0 Å². The smallest absolute Gasteiger partial charge is 0.321 e. The normalized spacial score (nSPS) is 22.1.